The Kier molecular flexibility index (Phi) is 9.42. The number of sulfonamides is 1. The predicted octanol–water partition coefficient (Wildman–Crippen LogP) is 3.54. The van der Waals surface area contributed by atoms with Crippen molar-refractivity contribution in [2.24, 2.45) is 5.92 Å². The maximum absolute atomic E-state index is 13.4. The lowest BCUT2D eigenvalue weighted by atomic mass is 10.1. The van der Waals surface area contributed by atoms with Crippen LogP contribution in [0.1, 0.15) is 26.3 Å². The summed E-state index contributed by atoms with van der Waals surface area (Å²) in [6.45, 7) is 5.45. The molecular formula is C23H29BrFN3O4S. The molecule has 0 aliphatic carbocycles. The fraction of sp³-hybridized carbons (Fsp3) is 0.391. The van der Waals surface area contributed by atoms with Crippen molar-refractivity contribution in [2.45, 2.75) is 33.4 Å². The predicted molar refractivity (Wildman–Crippen MR) is 131 cm³/mol. The van der Waals surface area contributed by atoms with Gasteiger partial charge in [-0.15, -0.1) is 0 Å². The third-order valence-corrected chi connectivity index (χ3v) is 6.72. The number of carbonyl (C=O) groups is 2. The number of nitrogens with one attached hydrogen (secondary N) is 1. The summed E-state index contributed by atoms with van der Waals surface area (Å²) in [6, 6.07) is 11.4. The topological polar surface area (TPSA) is 86.8 Å². The van der Waals surface area contributed by atoms with Crippen LogP contribution in [0.25, 0.3) is 0 Å². The Morgan fingerprint density at radius 1 is 1.06 bits per heavy atom. The first-order chi connectivity index (χ1) is 15.4. The van der Waals surface area contributed by atoms with Gasteiger partial charge in [0.1, 0.15) is 18.4 Å². The lowest BCUT2D eigenvalue weighted by Crippen LogP contribution is -2.51. The van der Waals surface area contributed by atoms with Crippen LogP contribution in [0.5, 0.6) is 0 Å². The summed E-state index contributed by atoms with van der Waals surface area (Å²) in [7, 11) is -3.81. The van der Waals surface area contributed by atoms with Crippen LogP contribution in [-0.4, -0.2) is 50.5 Å². The molecule has 2 aromatic rings. The van der Waals surface area contributed by atoms with Crippen LogP contribution in [0.2, 0.25) is 0 Å². The molecule has 2 rings (SSSR count). The highest BCUT2D eigenvalue weighted by atomic mass is 79.9. The molecule has 0 aliphatic rings. The number of halogens is 2. The molecule has 0 fully saturated rings. The highest BCUT2D eigenvalue weighted by Crippen LogP contribution is 2.28. The quantitative estimate of drug-likeness (QED) is 0.498. The van der Waals surface area contributed by atoms with Crippen molar-refractivity contribution in [3.63, 3.8) is 0 Å². The van der Waals surface area contributed by atoms with E-state index in [-0.39, 0.29) is 18.4 Å². The number of anilines is 1. The first-order valence-corrected chi connectivity index (χ1v) is 13.1. The van der Waals surface area contributed by atoms with E-state index in [2.05, 4.69) is 21.2 Å². The van der Waals surface area contributed by atoms with E-state index in [9.17, 15) is 22.4 Å². The van der Waals surface area contributed by atoms with Gasteiger partial charge in [-0.05, 0) is 58.6 Å². The van der Waals surface area contributed by atoms with Crippen LogP contribution < -0.4 is 9.62 Å². The Morgan fingerprint density at radius 2 is 1.67 bits per heavy atom. The maximum atomic E-state index is 13.4. The second-order valence-electron chi connectivity index (χ2n) is 8.18. The van der Waals surface area contributed by atoms with Gasteiger partial charge in [-0.2, -0.15) is 0 Å². The zero-order valence-corrected chi connectivity index (χ0v) is 21.5. The largest absolute Gasteiger partial charge is 0.354 e. The molecule has 0 aromatic heterocycles. The fourth-order valence-electron chi connectivity index (χ4n) is 3.07. The van der Waals surface area contributed by atoms with Gasteiger partial charge in [-0.3, -0.25) is 13.9 Å². The number of para-hydroxylation sites is 1. The van der Waals surface area contributed by atoms with Crippen molar-refractivity contribution in [3.05, 3.63) is 64.4 Å². The second kappa shape index (κ2) is 11.6. The van der Waals surface area contributed by atoms with Gasteiger partial charge in [0.25, 0.3) is 0 Å². The second-order valence-corrected chi connectivity index (χ2v) is 10.9. The Balaban J connectivity index is 2.36. The van der Waals surface area contributed by atoms with Gasteiger partial charge in [-0.25, -0.2) is 12.8 Å². The highest BCUT2D eigenvalue weighted by Gasteiger charge is 2.30. The SMILES string of the molecule is CC(C)CNC(=O)[C@@H](C)N(Cc1ccc(F)cc1)C(=O)CN(c1ccccc1Br)S(C)(=O)=O. The molecule has 33 heavy (non-hydrogen) atoms. The summed E-state index contributed by atoms with van der Waals surface area (Å²) in [5, 5.41) is 2.80. The molecule has 0 bridgehead atoms. The van der Waals surface area contributed by atoms with Crippen molar-refractivity contribution < 1.29 is 22.4 Å². The Hall–Kier alpha value is -2.46. The summed E-state index contributed by atoms with van der Waals surface area (Å²) < 4.78 is 39.9. The third kappa shape index (κ3) is 7.82. The highest BCUT2D eigenvalue weighted by molar-refractivity contribution is 9.10. The molecule has 0 radical (unpaired) electrons. The van der Waals surface area contributed by atoms with Crippen LogP contribution in [0, 0.1) is 11.7 Å². The van der Waals surface area contributed by atoms with Crippen LogP contribution in [0.4, 0.5) is 10.1 Å². The number of hydrogen-bond acceptors (Lipinski definition) is 4. The molecule has 1 atom stereocenters. The Labute approximate surface area is 203 Å². The summed E-state index contributed by atoms with van der Waals surface area (Å²) in [5.74, 6) is -1.12. The van der Waals surface area contributed by atoms with Crippen molar-refractivity contribution in [2.75, 3.05) is 23.7 Å². The molecule has 0 unspecified atom stereocenters. The minimum absolute atomic E-state index is 0.0168. The average molecular weight is 542 g/mol. The lowest BCUT2D eigenvalue weighted by molar-refractivity contribution is -0.139. The van der Waals surface area contributed by atoms with E-state index in [1.165, 1.54) is 29.2 Å². The summed E-state index contributed by atoms with van der Waals surface area (Å²) in [4.78, 5) is 27.4. The zero-order valence-electron chi connectivity index (χ0n) is 19.1. The maximum Gasteiger partial charge on any atom is 0.244 e. The summed E-state index contributed by atoms with van der Waals surface area (Å²) >= 11 is 3.33. The van der Waals surface area contributed by atoms with Crippen LogP contribution in [-0.2, 0) is 26.2 Å². The molecule has 0 saturated heterocycles. The monoisotopic (exact) mass is 541 g/mol. The first kappa shape index (κ1) is 26.8. The molecule has 1 N–H and O–H groups in total. The van der Waals surface area contributed by atoms with E-state index in [4.69, 9.17) is 0 Å². The number of hydrogen-bond donors (Lipinski definition) is 1. The Bertz CT molecular complexity index is 1080. The molecule has 2 aromatic carbocycles. The number of amides is 2. The number of benzene rings is 2. The zero-order chi connectivity index (χ0) is 24.8. The normalized spacial score (nSPS) is 12.3. The molecule has 180 valence electrons. The summed E-state index contributed by atoms with van der Waals surface area (Å²) in [5.41, 5.74) is 0.923. The molecule has 10 heteroatoms. The number of rotatable bonds is 10. The van der Waals surface area contributed by atoms with E-state index in [0.717, 1.165) is 10.6 Å². The van der Waals surface area contributed by atoms with Crippen molar-refractivity contribution in [1.29, 1.82) is 0 Å². The fourth-order valence-corrected chi connectivity index (χ4v) is 4.55. The van der Waals surface area contributed by atoms with Crippen molar-refractivity contribution >= 4 is 43.5 Å². The van der Waals surface area contributed by atoms with Crippen molar-refractivity contribution in [1.82, 2.24) is 10.2 Å². The molecular weight excluding hydrogens is 513 g/mol. The lowest BCUT2D eigenvalue weighted by Gasteiger charge is -2.32. The average Bonchev–Trinajstić information content (AvgIpc) is 2.74. The summed E-state index contributed by atoms with van der Waals surface area (Å²) in [6.07, 6.45) is 1.02. The Morgan fingerprint density at radius 3 is 2.21 bits per heavy atom. The molecule has 0 saturated carbocycles. The van der Waals surface area contributed by atoms with Gasteiger partial charge in [0.05, 0.1) is 11.9 Å². The van der Waals surface area contributed by atoms with Crippen LogP contribution in [0.15, 0.2) is 53.0 Å². The van der Waals surface area contributed by atoms with Crippen LogP contribution >= 0.6 is 15.9 Å². The molecule has 0 aliphatic heterocycles. The van der Waals surface area contributed by atoms with Gasteiger partial charge < -0.3 is 10.2 Å². The molecule has 7 nitrogen and oxygen atoms in total. The van der Waals surface area contributed by atoms with Gasteiger partial charge in [0.2, 0.25) is 21.8 Å². The van der Waals surface area contributed by atoms with E-state index in [1.807, 2.05) is 13.8 Å². The van der Waals surface area contributed by atoms with E-state index < -0.39 is 34.3 Å². The van der Waals surface area contributed by atoms with Gasteiger partial charge in [-0.1, -0.05) is 38.1 Å². The van der Waals surface area contributed by atoms with Crippen molar-refractivity contribution in [3.8, 4) is 0 Å². The smallest absolute Gasteiger partial charge is 0.244 e. The molecule has 0 spiro atoms. The molecule has 0 heterocycles. The minimum atomic E-state index is -3.81. The number of nitrogens with zero attached hydrogens (tertiary/aromatic N) is 2. The number of carbonyl (C=O) groups excluding carboxylic acids is 2. The van der Waals surface area contributed by atoms with Gasteiger partial charge >= 0.3 is 0 Å². The van der Waals surface area contributed by atoms with Gasteiger partial charge in [0, 0.05) is 17.6 Å². The third-order valence-electron chi connectivity index (χ3n) is 4.92. The van der Waals surface area contributed by atoms with Gasteiger partial charge in [0.15, 0.2) is 0 Å². The van der Waals surface area contributed by atoms with E-state index in [0.29, 0.717) is 22.3 Å². The minimum Gasteiger partial charge on any atom is -0.354 e. The molecule has 2 amide bonds. The van der Waals surface area contributed by atoms with E-state index in [1.54, 1.807) is 31.2 Å². The first-order valence-electron chi connectivity index (χ1n) is 10.4. The van der Waals surface area contributed by atoms with E-state index >= 15 is 0 Å². The standard InChI is InChI=1S/C23H29BrFN3O4S/c1-16(2)13-26-23(30)17(3)27(14-18-9-11-19(25)12-10-18)22(29)15-28(33(4,31)32)21-8-6-5-7-20(21)24/h5-12,16-17H,13-15H2,1-4H3,(H,26,30)/t17-/m1/s1. The van der Waals surface area contributed by atoms with Crippen LogP contribution in [0.3, 0.4) is 0 Å².